The average Bonchev–Trinajstić information content (AvgIpc) is 2.69. The second-order valence-electron chi connectivity index (χ2n) is 7.47. The highest BCUT2D eigenvalue weighted by Gasteiger charge is 2.10. The van der Waals surface area contributed by atoms with Crippen LogP contribution < -0.4 is 4.74 Å². The summed E-state index contributed by atoms with van der Waals surface area (Å²) in [5.74, 6) is 0.808. The molecule has 3 heteroatoms. The summed E-state index contributed by atoms with van der Waals surface area (Å²) in [4.78, 5) is 0. The van der Waals surface area contributed by atoms with Gasteiger partial charge in [0.25, 0.3) is 0 Å². The predicted molar refractivity (Wildman–Crippen MR) is 116 cm³/mol. The molecule has 0 atom stereocenters. The maximum Gasteiger partial charge on any atom is 0.128 e. The third-order valence-electron chi connectivity index (χ3n) is 5.14. The quantitative estimate of drug-likeness (QED) is 0.131. The SMILES string of the molecule is CCCCCCCCCCCCCCCC(=NO)c1ccccc1OCC. The Morgan fingerprint density at radius 2 is 1.30 bits per heavy atom. The summed E-state index contributed by atoms with van der Waals surface area (Å²) in [6.45, 7) is 4.87. The van der Waals surface area contributed by atoms with Crippen molar-refractivity contribution in [2.75, 3.05) is 6.61 Å². The molecule has 0 saturated heterocycles. The number of nitrogens with zero attached hydrogens (tertiary/aromatic N) is 1. The zero-order valence-corrected chi connectivity index (χ0v) is 17.7. The number of unbranched alkanes of at least 4 members (excludes halogenated alkanes) is 12. The van der Waals surface area contributed by atoms with Crippen LogP contribution in [0.3, 0.4) is 0 Å². The van der Waals surface area contributed by atoms with Crippen molar-refractivity contribution in [2.24, 2.45) is 5.16 Å². The van der Waals surface area contributed by atoms with Crippen molar-refractivity contribution in [3.05, 3.63) is 29.8 Å². The topological polar surface area (TPSA) is 41.8 Å². The molecule has 1 N–H and O–H groups in total. The maximum atomic E-state index is 9.40. The molecule has 0 amide bonds. The van der Waals surface area contributed by atoms with E-state index in [-0.39, 0.29) is 0 Å². The van der Waals surface area contributed by atoms with Crippen LogP contribution in [0, 0.1) is 0 Å². The minimum absolute atomic E-state index is 0.620. The second-order valence-corrected chi connectivity index (χ2v) is 7.47. The lowest BCUT2D eigenvalue weighted by molar-refractivity contribution is 0.316. The van der Waals surface area contributed by atoms with Crippen molar-refractivity contribution < 1.29 is 9.94 Å². The van der Waals surface area contributed by atoms with Gasteiger partial charge in [-0.1, -0.05) is 101 Å². The molecule has 0 unspecified atom stereocenters. The van der Waals surface area contributed by atoms with E-state index in [0.717, 1.165) is 29.9 Å². The fourth-order valence-corrected chi connectivity index (χ4v) is 3.54. The van der Waals surface area contributed by atoms with Gasteiger partial charge in [0, 0.05) is 5.56 Å². The summed E-state index contributed by atoms with van der Waals surface area (Å²) >= 11 is 0. The van der Waals surface area contributed by atoms with Crippen molar-refractivity contribution in [3.8, 4) is 5.75 Å². The summed E-state index contributed by atoms with van der Waals surface area (Å²) in [5.41, 5.74) is 1.66. The second kappa shape index (κ2) is 16.6. The van der Waals surface area contributed by atoms with Crippen molar-refractivity contribution in [2.45, 2.75) is 104 Å². The van der Waals surface area contributed by atoms with E-state index in [2.05, 4.69) is 12.1 Å². The highest BCUT2D eigenvalue weighted by Crippen LogP contribution is 2.22. The number of para-hydroxylation sites is 1. The Morgan fingerprint density at radius 1 is 0.778 bits per heavy atom. The minimum atomic E-state index is 0.620. The van der Waals surface area contributed by atoms with E-state index in [9.17, 15) is 5.21 Å². The molecule has 3 nitrogen and oxygen atoms in total. The van der Waals surface area contributed by atoms with Crippen LogP contribution in [0.2, 0.25) is 0 Å². The largest absolute Gasteiger partial charge is 0.493 e. The number of benzene rings is 1. The lowest BCUT2D eigenvalue weighted by Crippen LogP contribution is -2.05. The highest BCUT2D eigenvalue weighted by atomic mass is 16.5. The number of hydrogen-bond acceptors (Lipinski definition) is 3. The molecular formula is C24H41NO2. The molecule has 0 aliphatic carbocycles. The Morgan fingerprint density at radius 3 is 1.81 bits per heavy atom. The summed E-state index contributed by atoms with van der Waals surface area (Å²) < 4.78 is 5.65. The van der Waals surface area contributed by atoms with Crippen LogP contribution in [0.5, 0.6) is 5.75 Å². The maximum absolute atomic E-state index is 9.40. The van der Waals surface area contributed by atoms with Crippen LogP contribution in [0.25, 0.3) is 0 Å². The van der Waals surface area contributed by atoms with E-state index in [1.54, 1.807) is 0 Å². The Labute approximate surface area is 167 Å². The zero-order valence-electron chi connectivity index (χ0n) is 17.7. The lowest BCUT2D eigenvalue weighted by atomic mass is 10.0. The molecule has 27 heavy (non-hydrogen) atoms. The first-order chi connectivity index (χ1) is 13.3. The monoisotopic (exact) mass is 375 g/mol. The molecule has 0 aromatic heterocycles. The van der Waals surface area contributed by atoms with Crippen LogP contribution in [0.4, 0.5) is 0 Å². The molecule has 154 valence electrons. The van der Waals surface area contributed by atoms with E-state index < -0.39 is 0 Å². The molecule has 0 spiro atoms. The van der Waals surface area contributed by atoms with Gasteiger partial charge >= 0.3 is 0 Å². The van der Waals surface area contributed by atoms with Gasteiger partial charge in [-0.15, -0.1) is 0 Å². The van der Waals surface area contributed by atoms with Gasteiger partial charge in [0.1, 0.15) is 5.75 Å². The number of rotatable bonds is 17. The van der Waals surface area contributed by atoms with Crippen molar-refractivity contribution in [1.29, 1.82) is 0 Å². The Balaban J connectivity index is 2.07. The van der Waals surface area contributed by atoms with E-state index in [0.29, 0.717) is 6.61 Å². The first-order valence-corrected chi connectivity index (χ1v) is 11.3. The predicted octanol–water partition coefficient (Wildman–Crippen LogP) is 7.74. The molecule has 1 aromatic carbocycles. The van der Waals surface area contributed by atoms with Gasteiger partial charge in [0.2, 0.25) is 0 Å². The molecule has 0 bridgehead atoms. The molecule has 0 aliphatic heterocycles. The molecule has 0 saturated carbocycles. The summed E-state index contributed by atoms with van der Waals surface area (Å²) in [7, 11) is 0. The molecule has 0 aliphatic rings. The Bertz CT molecular complexity index is 499. The van der Waals surface area contributed by atoms with Crippen molar-refractivity contribution in [1.82, 2.24) is 0 Å². The van der Waals surface area contributed by atoms with Gasteiger partial charge < -0.3 is 9.94 Å². The van der Waals surface area contributed by atoms with Gasteiger partial charge in [-0.3, -0.25) is 0 Å². The molecule has 0 radical (unpaired) electrons. The van der Waals surface area contributed by atoms with Crippen molar-refractivity contribution in [3.63, 3.8) is 0 Å². The minimum Gasteiger partial charge on any atom is -0.493 e. The molecule has 0 heterocycles. The van der Waals surface area contributed by atoms with Gasteiger partial charge in [-0.05, 0) is 31.9 Å². The third-order valence-corrected chi connectivity index (χ3v) is 5.14. The van der Waals surface area contributed by atoms with Crippen LogP contribution in [0.1, 0.15) is 109 Å². The fourth-order valence-electron chi connectivity index (χ4n) is 3.54. The molecule has 1 rings (SSSR count). The van der Waals surface area contributed by atoms with Crippen molar-refractivity contribution >= 4 is 5.71 Å². The molecule has 1 aromatic rings. The van der Waals surface area contributed by atoms with Crippen LogP contribution in [-0.4, -0.2) is 17.5 Å². The summed E-state index contributed by atoms with van der Waals surface area (Å²) in [6, 6.07) is 7.83. The number of oxime groups is 1. The summed E-state index contributed by atoms with van der Waals surface area (Å²) in [5, 5.41) is 12.9. The average molecular weight is 376 g/mol. The fraction of sp³-hybridized carbons (Fsp3) is 0.708. The highest BCUT2D eigenvalue weighted by molar-refractivity contribution is 6.02. The van der Waals surface area contributed by atoms with E-state index in [4.69, 9.17) is 4.74 Å². The van der Waals surface area contributed by atoms with Gasteiger partial charge in [0.15, 0.2) is 0 Å². The smallest absolute Gasteiger partial charge is 0.128 e. The number of hydrogen-bond donors (Lipinski definition) is 1. The van der Waals surface area contributed by atoms with E-state index in [1.165, 1.54) is 77.0 Å². The van der Waals surface area contributed by atoms with Crippen LogP contribution >= 0.6 is 0 Å². The normalized spacial score (nSPS) is 11.7. The standard InChI is InChI=1S/C24H41NO2/c1-3-5-6-7-8-9-10-11-12-13-14-15-16-20-23(25-26)22-19-17-18-21-24(22)27-4-2/h17-19,21,26H,3-16,20H2,1-2H3. The lowest BCUT2D eigenvalue weighted by Gasteiger charge is -2.11. The number of ether oxygens (including phenoxy) is 1. The summed E-state index contributed by atoms with van der Waals surface area (Å²) in [6.07, 6.45) is 18.3. The van der Waals surface area contributed by atoms with E-state index >= 15 is 0 Å². The first-order valence-electron chi connectivity index (χ1n) is 11.3. The van der Waals surface area contributed by atoms with E-state index in [1.807, 2.05) is 31.2 Å². The van der Waals surface area contributed by atoms with Gasteiger partial charge in [-0.2, -0.15) is 0 Å². The first kappa shape index (κ1) is 23.5. The third kappa shape index (κ3) is 11.0. The zero-order chi connectivity index (χ0) is 19.6. The van der Waals surface area contributed by atoms with Gasteiger partial charge in [-0.25, -0.2) is 0 Å². The Hall–Kier alpha value is -1.51. The van der Waals surface area contributed by atoms with Crippen LogP contribution in [-0.2, 0) is 0 Å². The van der Waals surface area contributed by atoms with Crippen LogP contribution in [0.15, 0.2) is 29.4 Å². The van der Waals surface area contributed by atoms with Gasteiger partial charge in [0.05, 0.1) is 12.3 Å². The molecule has 0 fully saturated rings. The molecular weight excluding hydrogens is 334 g/mol. The Kier molecular flexibility index (Phi) is 14.5.